The molecule has 6 nitrogen and oxygen atoms in total. The number of nitrogens with zero attached hydrogens (tertiary/aromatic N) is 4. The summed E-state index contributed by atoms with van der Waals surface area (Å²) in [5.74, 6) is 0.728. The summed E-state index contributed by atoms with van der Waals surface area (Å²) in [6.45, 7) is 0. The van der Waals surface area contributed by atoms with Crippen LogP contribution >= 0.6 is 0 Å². The number of aromatic hydroxyl groups is 1. The summed E-state index contributed by atoms with van der Waals surface area (Å²) in [7, 11) is 0. The molecule has 0 saturated heterocycles. The van der Waals surface area contributed by atoms with Crippen LogP contribution in [0.3, 0.4) is 0 Å². The number of rotatable bonds is 4. The lowest BCUT2D eigenvalue weighted by atomic mass is 10.1. The second-order valence-electron chi connectivity index (χ2n) is 5.82. The third-order valence-corrected chi connectivity index (χ3v) is 3.98. The fourth-order valence-electron chi connectivity index (χ4n) is 2.63. The highest BCUT2D eigenvalue weighted by atomic mass is 16.3. The predicted molar refractivity (Wildman–Crippen MR) is 96.7 cm³/mol. The molecule has 0 radical (unpaired) electrons. The standard InChI is InChI=1S/C20H14N4O2/c25-16-3-1-15(2-4-16)20-23-12-18-17(24-20)9-13(11-22-18)10-19(26)14-5-7-21-8-6-14/h1-9,11-12,25H,10H2. The number of phenolic OH excluding ortho intramolecular Hbond substituents is 1. The summed E-state index contributed by atoms with van der Waals surface area (Å²) in [6.07, 6.45) is 6.77. The Morgan fingerprint density at radius 1 is 0.923 bits per heavy atom. The number of ketones is 1. The van der Waals surface area contributed by atoms with E-state index in [1.807, 2.05) is 6.07 Å². The smallest absolute Gasteiger partial charge is 0.167 e. The second kappa shape index (κ2) is 6.68. The molecule has 126 valence electrons. The van der Waals surface area contributed by atoms with Crippen molar-refractivity contribution in [3.63, 3.8) is 0 Å². The van der Waals surface area contributed by atoms with Crippen LogP contribution in [0.1, 0.15) is 15.9 Å². The van der Waals surface area contributed by atoms with Gasteiger partial charge in [0.25, 0.3) is 0 Å². The minimum atomic E-state index is 0.00126. The van der Waals surface area contributed by atoms with Gasteiger partial charge in [0.15, 0.2) is 11.6 Å². The average Bonchev–Trinajstić information content (AvgIpc) is 2.68. The molecule has 0 bridgehead atoms. The lowest BCUT2D eigenvalue weighted by molar-refractivity contribution is 0.0993. The van der Waals surface area contributed by atoms with Crippen molar-refractivity contribution in [3.8, 4) is 17.1 Å². The zero-order valence-electron chi connectivity index (χ0n) is 13.7. The summed E-state index contributed by atoms with van der Waals surface area (Å²) < 4.78 is 0. The van der Waals surface area contributed by atoms with Crippen LogP contribution in [0.15, 0.2) is 67.3 Å². The van der Waals surface area contributed by atoms with Crippen molar-refractivity contribution in [2.75, 3.05) is 0 Å². The first-order valence-corrected chi connectivity index (χ1v) is 8.03. The molecule has 0 aliphatic carbocycles. The molecule has 3 aromatic heterocycles. The highest BCUT2D eigenvalue weighted by Crippen LogP contribution is 2.20. The fraction of sp³-hybridized carbons (Fsp3) is 0.0500. The topological polar surface area (TPSA) is 88.9 Å². The number of aromatic nitrogens is 4. The molecule has 1 N–H and O–H groups in total. The normalized spacial score (nSPS) is 10.8. The SMILES string of the molecule is O=C(Cc1cnc2cnc(-c3ccc(O)cc3)nc2c1)c1ccncc1. The van der Waals surface area contributed by atoms with Crippen molar-refractivity contribution in [3.05, 3.63) is 78.4 Å². The molecule has 0 saturated carbocycles. The van der Waals surface area contributed by atoms with E-state index in [9.17, 15) is 9.90 Å². The molecule has 0 atom stereocenters. The molecule has 0 aliphatic heterocycles. The maximum Gasteiger partial charge on any atom is 0.167 e. The van der Waals surface area contributed by atoms with Gasteiger partial charge in [-0.05, 0) is 48.0 Å². The second-order valence-corrected chi connectivity index (χ2v) is 5.82. The molecule has 3 heterocycles. The summed E-state index contributed by atoms with van der Waals surface area (Å²) in [4.78, 5) is 29.5. The summed E-state index contributed by atoms with van der Waals surface area (Å²) >= 11 is 0. The van der Waals surface area contributed by atoms with Gasteiger partial charge in [-0.2, -0.15) is 0 Å². The molecule has 0 unspecified atom stereocenters. The maximum absolute atomic E-state index is 12.4. The van der Waals surface area contributed by atoms with Gasteiger partial charge in [0.1, 0.15) is 11.3 Å². The van der Waals surface area contributed by atoms with Crippen molar-refractivity contribution in [1.82, 2.24) is 19.9 Å². The van der Waals surface area contributed by atoms with E-state index in [4.69, 9.17) is 0 Å². The third kappa shape index (κ3) is 3.25. The molecular formula is C20H14N4O2. The first kappa shape index (κ1) is 15.8. The number of carbonyl (C=O) groups is 1. The van der Waals surface area contributed by atoms with E-state index in [0.29, 0.717) is 22.4 Å². The molecule has 0 fully saturated rings. The van der Waals surface area contributed by atoms with Gasteiger partial charge in [-0.1, -0.05) is 0 Å². The number of Topliss-reactive ketones (excluding diaryl/α,β-unsaturated/α-hetero) is 1. The van der Waals surface area contributed by atoms with E-state index in [2.05, 4.69) is 19.9 Å². The van der Waals surface area contributed by atoms with Gasteiger partial charge in [-0.15, -0.1) is 0 Å². The van der Waals surface area contributed by atoms with Gasteiger partial charge in [0.05, 0.1) is 11.7 Å². The fourth-order valence-corrected chi connectivity index (χ4v) is 2.63. The Balaban J connectivity index is 1.65. The van der Waals surface area contributed by atoms with Gasteiger partial charge >= 0.3 is 0 Å². The average molecular weight is 342 g/mol. The molecule has 6 heteroatoms. The van der Waals surface area contributed by atoms with Crippen LogP contribution in [0.25, 0.3) is 22.4 Å². The van der Waals surface area contributed by atoms with E-state index in [0.717, 1.165) is 11.1 Å². The molecule has 0 amide bonds. The van der Waals surface area contributed by atoms with Crippen LogP contribution in [0.4, 0.5) is 0 Å². The number of benzene rings is 1. The van der Waals surface area contributed by atoms with E-state index in [-0.39, 0.29) is 18.0 Å². The minimum Gasteiger partial charge on any atom is -0.508 e. The Morgan fingerprint density at radius 2 is 1.69 bits per heavy atom. The van der Waals surface area contributed by atoms with Crippen LogP contribution in [0, 0.1) is 0 Å². The number of hydrogen-bond acceptors (Lipinski definition) is 6. The first-order valence-electron chi connectivity index (χ1n) is 8.03. The predicted octanol–water partition coefficient (Wildman–Crippen LogP) is 3.22. The van der Waals surface area contributed by atoms with Crippen LogP contribution < -0.4 is 0 Å². The Labute approximate surface area is 149 Å². The summed E-state index contributed by atoms with van der Waals surface area (Å²) in [5.41, 5.74) is 3.53. The Hall–Kier alpha value is -3.67. The lowest BCUT2D eigenvalue weighted by Gasteiger charge is -2.05. The quantitative estimate of drug-likeness (QED) is 0.573. The van der Waals surface area contributed by atoms with Crippen molar-refractivity contribution in [1.29, 1.82) is 0 Å². The van der Waals surface area contributed by atoms with Crippen molar-refractivity contribution < 1.29 is 9.90 Å². The van der Waals surface area contributed by atoms with Crippen molar-refractivity contribution >= 4 is 16.8 Å². The number of phenols is 1. The molecule has 1 aromatic carbocycles. The molecule has 26 heavy (non-hydrogen) atoms. The van der Waals surface area contributed by atoms with E-state index in [1.54, 1.807) is 61.2 Å². The van der Waals surface area contributed by atoms with Crippen molar-refractivity contribution in [2.24, 2.45) is 0 Å². The Morgan fingerprint density at radius 3 is 2.46 bits per heavy atom. The highest BCUT2D eigenvalue weighted by molar-refractivity contribution is 5.97. The van der Waals surface area contributed by atoms with Gasteiger partial charge in [-0.25, -0.2) is 9.97 Å². The van der Waals surface area contributed by atoms with E-state index in [1.165, 1.54) is 0 Å². The van der Waals surface area contributed by atoms with Gasteiger partial charge < -0.3 is 5.11 Å². The molecule has 0 aliphatic rings. The largest absolute Gasteiger partial charge is 0.508 e. The Kier molecular flexibility index (Phi) is 4.07. The van der Waals surface area contributed by atoms with Gasteiger partial charge in [0, 0.05) is 36.1 Å². The van der Waals surface area contributed by atoms with Gasteiger partial charge in [-0.3, -0.25) is 14.8 Å². The van der Waals surface area contributed by atoms with Crippen molar-refractivity contribution in [2.45, 2.75) is 6.42 Å². The summed E-state index contributed by atoms with van der Waals surface area (Å²) in [5, 5.41) is 9.40. The summed E-state index contributed by atoms with van der Waals surface area (Å²) in [6, 6.07) is 11.9. The highest BCUT2D eigenvalue weighted by Gasteiger charge is 2.09. The third-order valence-electron chi connectivity index (χ3n) is 3.98. The van der Waals surface area contributed by atoms with Crippen LogP contribution in [-0.2, 0) is 6.42 Å². The number of fused-ring (bicyclic) bond motifs is 1. The number of hydrogen-bond donors (Lipinski definition) is 1. The number of pyridine rings is 2. The first-order chi connectivity index (χ1) is 12.7. The van der Waals surface area contributed by atoms with E-state index >= 15 is 0 Å². The zero-order chi connectivity index (χ0) is 17.9. The lowest BCUT2D eigenvalue weighted by Crippen LogP contribution is -2.04. The molecule has 0 spiro atoms. The van der Waals surface area contributed by atoms with Crippen LogP contribution in [0.2, 0.25) is 0 Å². The number of carbonyl (C=O) groups excluding carboxylic acids is 1. The maximum atomic E-state index is 12.4. The molecular weight excluding hydrogens is 328 g/mol. The van der Waals surface area contributed by atoms with Gasteiger partial charge in [0.2, 0.25) is 0 Å². The molecule has 4 rings (SSSR count). The van der Waals surface area contributed by atoms with Crippen LogP contribution in [0.5, 0.6) is 5.75 Å². The zero-order valence-corrected chi connectivity index (χ0v) is 13.7. The van der Waals surface area contributed by atoms with E-state index < -0.39 is 0 Å². The minimum absolute atomic E-state index is 0.00126. The monoisotopic (exact) mass is 342 g/mol. The molecule has 4 aromatic rings. The van der Waals surface area contributed by atoms with Crippen LogP contribution in [-0.4, -0.2) is 30.8 Å². The Bertz CT molecular complexity index is 1080.